The fourth-order valence-electron chi connectivity index (χ4n) is 5.75. The summed E-state index contributed by atoms with van der Waals surface area (Å²) >= 11 is 6.31. The average Bonchev–Trinajstić information content (AvgIpc) is 3.20. The number of hydrogen-bond donors (Lipinski definition) is 1. The van der Waals surface area contributed by atoms with Crippen LogP contribution < -0.4 is 0 Å². The molecule has 1 N–H and O–H groups in total. The van der Waals surface area contributed by atoms with Gasteiger partial charge in [-0.25, -0.2) is 4.79 Å². The Labute approximate surface area is 208 Å². The van der Waals surface area contributed by atoms with E-state index in [1.165, 1.54) is 0 Å². The Morgan fingerprint density at radius 1 is 1.09 bits per heavy atom. The molecule has 0 radical (unpaired) electrons. The van der Waals surface area contributed by atoms with E-state index in [0.717, 1.165) is 43.4 Å². The minimum Gasteiger partial charge on any atom is -0.444 e. The molecule has 7 nitrogen and oxygen atoms in total. The first-order valence-corrected chi connectivity index (χ1v) is 12.9. The van der Waals surface area contributed by atoms with Gasteiger partial charge in [0.1, 0.15) is 5.60 Å². The van der Waals surface area contributed by atoms with Gasteiger partial charge >= 0.3 is 6.09 Å². The SMILES string of the molecule is Cc1ccc(CC(=O)N2CCN(C(=O)OC(C)(C)C)[C@H]3CCC[C@H](N4CC[C@H](O)C4)[C@H]32)cc1Cl. The lowest BCUT2D eigenvalue weighted by Gasteiger charge is -2.54. The number of rotatable bonds is 3. The van der Waals surface area contributed by atoms with Crippen molar-refractivity contribution < 1.29 is 19.4 Å². The van der Waals surface area contributed by atoms with Crippen LogP contribution in [-0.4, -0.2) is 87.8 Å². The first-order valence-electron chi connectivity index (χ1n) is 12.5. The van der Waals surface area contributed by atoms with Crippen molar-refractivity contribution in [2.24, 2.45) is 0 Å². The van der Waals surface area contributed by atoms with Crippen LogP contribution in [0, 0.1) is 6.92 Å². The van der Waals surface area contributed by atoms with E-state index in [4.69, 9.17) is 16.3 Å². The van der Waals surface area contributed by atoms with E-state index in [2.05, 4.69) is 4.90 Å². The molecule has 2 saturated heterocycles. The number of likely N-dealkylation sites (tertiary alicyclic amines) is 1. The van der Waals surface area contributed by atoms with Crippen LogP contribution in [0.1, 0.15) is 57.6 Å². The fourth-order valence-corrected chi connectivity index (χ4v) is 5.95. The second-order valence-electron chi connectivity index (χ2n) is 11.0. The molecule has 1 aromatic rings. The summed E-state index contributed by atoms with van der Waals surface area (Å²) in [4.78, 5) is 32.9. The van der Waals surface area contributed by atoms with Crippen molar-refractivity contribution in [1.29, 1.82) is 0 Å². The summed E-state index contributed by atoms with van der Waals surface area (Å²) in [6.45, 7) is 9.97. The number of β-amino-alcohol motifs (C(OH)–C–C–N with tert-alkyl or cyclic N) is 1. The maximum absolute atomic E-state index is 13.6. The zero-order valence-electron chi connectivity index (χ0n) is 20.8. The van der Waals surface area contributed by atoms with Crippen LogP contribution in [-0.2, 0) is 16.0 Å². The van der Waals surface area contributed by atoms with E-state index < -0.39 is 5.60 Å². The lowest BCUT2D eigenvalue weighted by atomic mass is 9.81. The van der Waals surface area contributed by atoms with Gasteiger partial charge in [-0.3, -0.25) is 9.69 Å². The van der Waals surface area contributed by atoms with Crippen molar-refractivity contribution in [3.63, 3.8) is 0 Å². The van der Waals surface area contributed by atoms with Crippen molar-refractivity contribution in [3.8, 4) is 0 Å². The van der Waals surface area contributed by atoms with Crippen LogP contribution in [0.5, 0.6) is 0 Å². The Kier molecular flexibility index (Phi) is 7.46. The number of carbonyl (C=O) groups excluding carboxylic acids is 2. The van der Waals surface area contributed by atoms with Crippen LogP contribution >= 0.6 is 11.6 Å². The third-order valence-electron chi connectivity index (χ3n) is 7.33. The number of ether oxygens (including phenoxy) is 1. The summed E-state index contributed by atoms with van der Waals surface area (Å²) in [5.74, 6) is 0.0606. The summed E-state index contributed by atoms with van der Waals surface area (Å²) in [5, 5.41) is 10.9. The van der Waals surface area contributed by atoms with Crippen LogP contribution in [0.3, 0.4) is 0 Å². The Morgan fingerprint density at radius 2 is 1.79 bits per heavy atom. The second-order valence-corrected chi connectivity index (χ2v) is 11.4. The highest BCUT2D eigenvalue weighted by molar-refractivity contribution is 6.31. The largest absolute Gasteiger partial charge is 0.444 e. The van der Waals surface area contributed by atoms with E-state index in [1.807, 2.05) is 55.7 Å². The molecule has 3 aliphatic rings. The number of aryl methyl sites for hydroxylation is 1. The van der Waals surface area contributed by atoms with Crippen molar-refractivity contribution in [2.45, 2.75) is 89.6 Å². The molecule has 2 heterocycles. The van der Waals surface area contributed by atoms with Crippen molar-refractivity contribution in [2.75, 3.05) is 26.2 Å². The lowest BCUT2D eigenvalue weighted by molar-refractivity contribution is -0.142. The van der Waals surface area contributed by atoms with E-state index in [9.17, 15) is 14.7 Å². The molecular weight excluding hydrogens is 454 g/mol. The maximum Gasteiger partial charge on any atom is 0.410 e. The predicted octanol–water partition coefficient (Wildman–Crippen LogP) is 3.63. The molecule has 0 spiro atoms. The number of halogens is 1. The van der Waals surface area contributed by atoms with E-state index in [-0.39, 0.29) is 42.7 Å². The average molecular weight is 492 g/mol. The van der Waals surface area contributed by atoms with Crippen LogP contribution in [0.25, 0.3) is 0 Å². The summed E-state index contributed by atoms with van der Waals surface area (Å²) in [6, 6.07) is 5.69. The standard InChI is InChI=1S/C26H38ClN3O4/c1-17-8-9-18(14-20(17)27)15-23(32)30-13-12-29(25(33)34-26(2,3)4)22-7-5-6-21(24(22)30)28-11-10-19(31)16-28/h8-9,14,19,21-22,24,31H,5-7,10-13,15-16H2,1-4H3/t19-,21-,22-,24+/m0/s1. The Hall–Kier alpha value is -1.83. The van der Waals surface area contributed by atoms with E-state index >= 15 is 0 Å². The summed E-state index contributed by atoms with van der Waals surface area (Å²) in [7, 11) is 0. The third kappa shape index (κ3) is 5.52. The molecule has 4 atom stereocenters. The number of benzene rings is 1. The van der Waals surface area contributed by atoms with Crippen molar-refractivity contribution >= 4 is 23.6 Å². The molecule has 1 aromatic carbocycles. The highest BCUT2D eigenvalue weighted by atomic mass is 35.5. The summed E-state index contributed by atoms with van der Waals surface area (Å²) < 4.78 is 5.73. The molecule has 2 aliphatic heterocycles. The van der Waals surface area contributed by atoms with Gasteiger partial charge in [-0.15, -0.1) is 0 Å². The molecular formula is C26H38ClN3O4. The highest BCUT2D eigenvalue weighted by Crippen LogP contribution is 2.36. The topological polar surface area (TPSA) is 73.3 Å². The van der Waals surface area contributed by atoms with Gasteiger partial charge in [0.05, 0.1) is 24.6 Å². The van der Waals surface area contributed by atoms with Gasteiger partial charge in [-0.05, 0) is 70.6 Å². The summed E-state index contributed by atoms with van der Waals surface area (Å²) in [5.41, 5.74) is 1.32. The van der Waals surface area contributed by atoms with Gasteiger partial charge in [0, 0.05) is 37.2 Å². The van der Waals surface area contributed by atoms with Crippen LogP contribution in [0.15, 0.2) is 18.2 Å². The number of nitrogens with zero attached hydrogens (tertiary/aromatic N) is 3. The van der Waals surface area contributed by atoms with Gasteiger partial charge < -0.3 is 19.6 Å². The van der Waals surface area contributed by atoms with Gasteiger partial charge in [-0.2, -0.15) is 0 Å². The molecule has 1 saturated carbocycles. The first kappa shape index (κ1) is 25.3. The van der Waals surface area contributed by atoms with Gasteiger partial charge in [0.2, 0.25) is 5.91 Å². The van der Waals surface area contributed by atoms with Crippen LogP contribution in [0.4, 0.5) is 4.79 Å². The van der Waals surface area contributed by atoms with E-state index in [1.54, 1.807) is 0 Å². The van der Waals surface area contributed by atoms with Gasteiger partial charge in [-0.1, -0.05) is 23.7 Å². The highest BCUT2D eigenvalue weighted by Gasteiger charge is 2.49. The molecule has 1 aliphatic carbocycles. The Bertz CT molecular complexity index is 918. The molecule has 0 unspecified atom stereocenters. The quantitative estimate of drug-likeness (QED) is 0.699. The number of aliphatic hydroxyl groups excluding tert-OH is 1. The zero-order valence-corrected chi connectivity index (χ0v) is 21.6. The molecule has 3 fully saturated rings. The lowest BCUT2D eigenvalue weighted by Crippen LogP contribution is -2.70. The molecule has 34 heavy (non-hydrogen) atoms. The monoisotopic (exact) mass is 491 g/mol. The number of amides is 2. The smallest absolute Gasteiger partial charge is 0.410 e. The van der Waals surface area contributed by atoms with Crippen molar-refractivity contribution in [1.82, 2.24) is 14.7 Å². The third-order valence-corrected chi connectivity index (χ3v) is 7.74. The number of carbonyl (C=O) groups is 2. The van der Waals surface area contributed by atoms with E-state index in [0.29, 0.717) is 24.7 Å². The normalized spacial score (nSPS) is 28.1. The second kappa shape index (κ2) is 10.0. The first-order chi connectivity index (χ1) is 16.0. The number of aliphatic hydroxyl groups is 1. The van der Waals surface area contributed by atoms with Gasteiger partial charge in [0.25, 0.3) is 0 Å². The Balaban J connectivity index is 1.60. The minimum atomic E-state index is -0.572. The predicted molar refractivity (Wildman–Crippen MR) is 132 cm³/mol. The Morgan fingerprint density at radius 3 is 2.44 bits per heavy atom. The van der Waals surface area contributed by atoms with Crippen LogP contribution in [0.2, 0.25) is 5.02 Å². The molecule has 0 aromatic heterocycles. The fraction of sp³-hybridized carbons (Fsp3) is 0.692. The minimum absolute atomic E-state index is 0.0606. The molecule has 188 valence electrons. The molecule has 4 rings (SSSR count). The number of fused-ring (bicyclic) bond motifs is 1. The van der Waals surface area contributed by atoms with Gasteiger partial charge in [0.15, 0.2) is 0 Å². The summed E-state index contributed by atoms with van der Waals surface area (Å²) in [6.07, 6.45) is 3.18. The number of hydrogen-bond acceptors (Lipinski definition) is 5. The molecule has 8 heteroatoms. The molecule has 0 bridgehead atoms. The van der Waals surface area contributed by atoms with Crippen molar-refractivity contribution in [3.05, 3.63) is 34.3 Å². The maximum atomic E-state index is 13.6. The molecule has 2 amide bonds. The zero-order chi connectivity index (χ0) is 24.6. The number of piperazine rings is 1.